The van der Waals surface area contributed by atoms with Gasteiger partial charge in [-0.2, -0.15) is 0 Å². The fourth-order valence-electron chi connectivity index (χ4n) is 3.95. The first kappa shape index (κ1) is 21.7. The zero-order valence-corrected chi connectivity index (χ0v) is 19.4. The molecule has 1 fully saturated rings. The van der Waals surface area contributed by atoms with Crippen LogP contribution in [-0.4, -0.2) is 43.6 Å². The fourth-order valence-corrected chi connectivity index (χ4v) is 5.22. The maximum Gasteiger partial charge on any atom is 0.240 e. The highest BCUT2D eigenvalue weighted by Gasteiger charge is 2.31. The average Bonchev–Trinajstić information content (AvgIpc) is 3.54. The van der Waals surface area contributed by atoms with E-state index in [2.05, 4.69) is 15.2 Å². The Labute approximate surface area is 201 Å². The van der Waals surface area contributed by atoms with Gasteiger partial charge in [0.2, 0.25) is 5.91 Å². The Balaban J connectivity index is 1.59. The Hall–Kier alpha value is -3.16. The van der Waals surface area contributed by atoms with E-state index in [0.717, 1.165) is 42.7 Å². The standard InChI is InChI=1S/C25H22ClN5OS/c26-20-8-10-21(11-9-20)31-23(19-12-14-27-15-13-19)28-29-25(31)33-22(18-6-2-1-3-7-18)24(32)30-16-4-5-17-30/h1-3,6-15,22H,4-5,16-17H2. The van der Waals surface area contributed by atoms with Gasteiger partial charge in [-0.15, -0.1) is 10.2 Å². The Kier molecular flexibility index (Phi) is 6.41. The van der Waals surface area contributed by atoms with E-state index in [0.29, 0.717) is 16.0 Å². The molecule has 0 aliphatic carbocycles. The first-order valence-electron chi connectivity index (χ1n) is 10.8. The number of benzene rings is 2. The summed E-state index contributed by atoms with van der Waals surface area (Å²) < 4.78 is 1.98. The summed E-state index contributed by atoms with van der Waals surface area (Å²) in [5.41, 5.74) is 2.72. The predicted octanol–water partition coefficient (Wildman–Crippen LogP) is 5.44. The van der Waals surface area contributed by atoms with E-state index in [9.17, 15) is 4.79 Å². The number of likely N-dealkylation sites (tertiary alicyclic amines) is 1. The van der Waals surface area contributed by atoms with Crippen molar-refractivity contribution in [1.29, 1.82) is 0 Å². The number of rotatable bonds is 6. The molecule has 1 unspecified atom stereocenters. The average molecular weight is 476 g/mol. The van der Waals surface area contributed by atoms with Crippen molar-refractivity contribution in [2.45, 2.75) is 23.2 Å². The molecule has 1 atom stereocenters. The summed E-state index contributed by atoms with van der Waals surface area (Å²) in [7, 11) is 0. The molecule has 2 aromatic heterocycles. The minimum Gasteiger partial charge on any atom is -0.341 e. The molecule has 2 aromatic carbocycles. The van der Waals surface area contributed by atoms with Crippen LogP contribution in [0.4, 0.5) is 0 Å². The van der Waals surface area contributed by atoms with E-state index in [1.807, 2.05) is 76.2 Å². The van der Waals surface area contributed by atoms with Crippen LogP contribution in [0.5, 0.6) is 0 Å². The molecular formula is C25H22ClN5OS. The maximum atomic E-state index is 13.5. The molecule has 1 aliphatic heterocycles. The van der Waals surface area contributed by atoms with Crippen LogP contribution in [0.15, 0.2) is 84.3 Å². The molecule has 1 aliphatic rings. The lowest BCUT2D eigenvalue weighted by atomic mass is 10.1. The van der Waals surface area contributed by atoms with Crippen LogP contribution in [0.1, 0.15) is 23.7 Å². The highest BCUT2D eigenvalue weighted by molar-refractivity contribution is 8.00. The van der Waals surface area contributed by atoms with Gasteiger partial charge >= 0.3 is 0 Å². The third-order valence-electron chi connectivity index (χ3n) is 5.62. The highest BCUT2D eigenvalue weighted by atomic mass is 35.5. The molecule has 0 bridgehead atoms. The van der Waals surface area contributed by atoms with Gasteiger partial charge in [0, 0.05) is 41.8 Å². The van der Waals surface area contributed by atoms with Crippen molar-refractivity contribution in [3.05, 3.63) is 89.7 Å². The van der Waals surface area contributed by atoms with E-state index in [4.69, 9.17) is 11.6 Å². The summed E-state index contributed by atoms with van der Waals surface area (Å²) in [5, 5.41) is 9.90. The van der Waals surface area contributed by atoms with Gasteiger partial charge in [0.15, 0.2) is 11.0 Å². The molecule has 4 aromatic rings. The third-order valence-corrected chi connectivity index (χ3v) is 7.06. The fraction of sp³-hybridized carbons (Fsp3) is 0.200. The number of amides is 1. The first-order valence-corrected chi connectivity index (χ1v) is 12.1. The van der Waals surface area contributed by atoms with Gasteiger partial charge in [-0.25, -0.2) is 0 Å². The maximum absolute atomic E-state index is 13.5. The zero-order chi connectivity index (χ0) is 22.6. The van der Waals surface area contributed by atoms with Crippen LogP contribution < -0.4 is 0 Å². The van der Waals surface area contributed by atoms with Crippen molar-refractivity contribution in [2.75, 3.05) is 13.1 Å². The summed E-state index contributed by atoms with van der Waals surface area (Å²) in [5.74, 6) is 0.794. The van der Waals surface area contributed by atoms with Crippen LogP contribution in [0.3, 0.4) is 0 Å². The second kappa shape index (κ2) is 9.77. The van der Waals surface area contributed by atoms with Crippen molar-refractivity contribution in [3.8, 4) is 17.1 Å². The van der Waals surface area contributed by atoms with Crippen LogP contribution in [0, 0.1) is 0 Å². The highest BCUT2D eigenvalue weighted by Crippen LogP contribution is 2.39. The van der Waals surface area contributed by atoms with Gasteiger partial charge in [0.1, 0.15) is 5.25 Å². The second-order valence-corrected chi connectivity index (χ2v) is 9.30. The molecule has 0 saturated carbocycles. The lowest BCUT2D eigenvalue weighted by molar-refractivity contribution is -0.129. The number of pyridine rings is 1. The molecule has 5 rings (SSSR count). The predicted molar refractivity (Wildman–Crippen MR) is 130 cm³/mol. The molecule has 8 heteroatoms. The quantitative estimate of drug-likeness (QED) is 0.347. The molecule has 3 heterocycles. The van der Waals surface area contributed by atoms with Crippen molar-refractivity contribution < 1.29 is 4.79 Å². The SMILES string of the molecule is O=C(C(Sc1nnc(-c2ccncc2)n1-c1ccc(Cl)cc1)c1ccccc1)N1CCCC1. The molecule has 33 heavy (non-hydrogen) atoms. The minimum absolute atomic E-state index is 0.111. The van der Waals surface area contributed by atoms with Gasteiger partial charge in [-0.05, 0) is 54.8 Å². The Morgan fingerprint density at radius 1 is 0.909 bits per heavy atom. The number of nitrogens with zero attached hydrogens (tertiary/aromatic N) is 5. The summed E-state index contributed by atoms with van der Waals surface area (Å²) >= 11 is 7.57. The van der Waals surface area contributed by atoms with E-state index < -0.39 is 5.25 Å². The Bertz CT molecular complexity index is 1220. The molecule has 0 spiro atoms. The number of hydrogen-bond donors (Lipinski definition) is 0. The third kappa shape index (κ3) is 4.65. The van der Waals surface area contributed by atoms with E-state index in [1.165, 1.54) is 11.8 Å². The summed E-state index contributed by atoms with van der Waals surface area (Å²) in [6, 6.07) is 21.2. The Morgan fingerprint density at radius 3 is 2.30 bits per heavy atom. The van der Waals surface area contributed by atoms with E-state index in [-0.39, 0.29) is 5.91 Å². The number of carbonyl (C=O) groups excluding carboxylic acids is 1. The number of hydrogen-bond acceptors (Lipinski definition) is 5. The molecular weight excluding hydrogens is 454 g/mol. The van der Waals surface area contributed by atoms with Crippen LogP contribution in [0.2, 0.25) is 5.02 Å². The van der Waals surface area contributed by atoms with Gasteiger partial charge in [0.25, 0.3) is 0 Å². The topological polar surface area (TPSA) is 63.9 Å². The van der Waals surface area contributed by atoms with E-state index >= 15 is 0 Å². The molecule has 166 valence electrons. The van der Waals surface area contributed by atoms with Crippen LogP contribution in [0.25, 0.3) is 17.1 Å². The van der Waals surface area contributed by atoms with Gasteiger partial charge in [-0.1, -0.05) is 53.7 Å². The van der Waals surface area contributed by atoms with Gasteiger partial charge < -0.3 is 4.90 Å². The zero-order valence-electron chi connectivity index (χ0n) is 17.8. The lowest BCUT2D eigenvalue weighted by Crippen LogP contribution is -2.31. The Morgan fingerprint density at radius 2 is 1.61 bits per heavy atom. The first-order chi connectivity index (χ1) is 16.2. The van der Waals surface area contributed by atoms with Crippen molar-refractivity contribution in [1.82, 2.24) is 24.6 Å². The number of carbonyl (C=O) groups is 1. The normalized spacial score (nSPS) is 14.4. The summed E-state index contributed by atoms with van der Waals surface area (Å²) in [4.78, 5) is 19.6. The number of halogens is 1. The largest absolute Gasteiger partial charge is 0.341 e. The van der Waals surface area contributed by atoms with Crippen molar-refractivity contribution >= 4 is 29.3 Å². The molecule has 0 N–H and O–H groups in total. The van der Waals surface area contributed by atoms with Crippen LogP contribution in [-0.2, 0) is 4.79 Å². The summed E-state index contributed by atoms with van der Waals surface area (Å²) in [6.45, 7) is 1.60. The molecule has 1 amide bonds. The smallest absolute Gasteiger partial charge is 0.240 e. The lowest BCUT2D eigenvalue weighted by Gasteiger charge is -2.23. The van der Waals surface area contributed by atoms with Crippen LogP contribution >= 0.6 is 23.4 Å². The van der Waals surface area contributed by atoms with Crippen molar-refractivity contribution in [3.63, 3.8) is 0 Å². The molecule has 1 saturated heterocycles. The van der Waals surface area contributed by atoms with Gasteiger partial charge in [0.05, 0.1) is 0 Å². The second-order valence-electron chi connectivity index (χ2n) is 7.79. The minimum atomic E-state index is -0.412. The number of aromatic nitrogens is 4. The summed E-state index contributed by atoms with van der Waals surface area (Å²) in [6.07, 6.45) is 5.55. The number of thioether (sulfide) groups is 1. The monoisotopic (exact) mass is 475 g/mol. The van der Waals surface area contributed by atoms with Crippen molar-refractivity contribution in [2.24, 2.45) is 0 Å². The van der Waals surface area contributed by atoms with E-state index in [1.54, 1.807) is 12.4 Å². The molecule has 0 radical (unpaired) electrons. The molecule has 6 nitrogen and oxygen atoms in total. The van der Waals surface area contributed by atoms with Gasteiger partial charge in [-0.3, -0.25) is 14.3 Å².